The lowest BCUT2D eigenvalue weighted by atomic mass is 10.0. The minimum Gasteiger partial charge on any atom is -0.488 e. The monoisotopic (exact) mass is 414 g/mol. The summed E-state index contributed by atoms with van der Waals surface area (Å²) in [6.45, 7) is 0.285. The van der Waals surface area contributed by atoms with E-state index in [1.165, 1.54) is 24.3 Å². The normalized spacial score (nSPS) is 11.0. The van der Waals surface area contributed by atoms with Crippen molar-refractivity contribution < 1.29 is 19.0 Å². The molecule has 5 nitrogen and oxygen atoms in total. The van der Waals surface area contributed by atoms with Gasteiger partial charge in [0.2, 0.25) is 0 Å². The Kier molecular flexibility index (Phi) is 5.89. The van der Waals surface area contributed by atoms with E-state index in [0.29, 0.717) is 11.4 Å². The number of hydrazone groups is 1. The summed E-state index contributed by atoms with van der Waals surface area (Å²) >= 11 is 0. The third kappa shape index (κ3) is 4.87. The Morgan fingerprint density at radius 2 is 1.81 bits per heavy atom. The molecule has 0 unspecified atom stereocenters. The van der Waals surface area contributed by atoms with Crippen LogP contribution in [-0.2, 0) is 6.61 Å². The van der Waals surface area contributed by atoms with Gasteiger partial charge in [-0.15, -0.1) is 0 Å². The number of aromatic carboxylic acids is 1. The molecule has 154 valence electrons. The number of rotatable bonds is 7. The lowest BCUT2D eigenvalue weighted by Gasteiger charge is -2.12. The summed E-state index contributed by atoms with van der Waals surface area (Å²) in [4.78, 5) is 11.1. The quantitative estimate of drug-likeness (QED) is 0.301. The topological polar surface area (TPSA) is 70.9 Å². The first-order chi connectivity index (χ1) is 15.1. The number of fused-ring (bicyclic) bond motifs is 1. The number of nitrogens with one attached hydrogen (secondary N) is 1. The van der Waals surface area contributed by atoms with Crippen molar-refractivity contribution in [1.82, 2.24) is 0 Å². The largest absolute Gasteiger partial charge is 0.488 e. The van der Waals surface area contributed by atoms with Gasteiger partial charge in [0.15, 0.2) is 0 Å². The van der Waals surface area contributed by atoms with Crippen molar-refractivity contribution in [3.8, 4) is 5.75 Å². The summed E-state index contributed by atoms with van der Waals surface area (Å²) in [5, 5.41) is 15.4. The second-order valence-electron chi connectivity index (χ2n) is 6.87. The Morgan fingerprint density at radius 1 is 1.00 bits per heavy atom. The van der Waals surface area contributed by atoms with Crippen LogP contribution in [0.15, 0.2) is 90.0 Å². The number of ether oxygens (including phenoxy) is 1. The fourth-order valence-electron chi connectivity index (χ4n) is 3.17. The molecule has 31 heavy (non-hydrogen) atoms. The van der Waals surface area contributed by atoms with E-state index >= 15 is 0 Å². The van der Waals surface area contributed by atoms with Crippen LogP contribution in [-0.4, -0.2) is 17.3 Å². The van der Waals surface area contributed by atoms with Crippen molar-refractivity contribution in [3.05, 3.63) is 107 Å². The van der Waals surface area contributed by atoms with Crippen LogP contribution in [0.4, 0.5) is 10.1 Å². The van der Waals surface area contributed by atoms with Crippen LogP contribution in [0.3, 0.4) is 0 Å². The zero-order chi connectivity index (χ0) is 21.6. The first-order valence-corrected chi connectivity index (χ1v) is 9.61. The van der Waals surface area contributed by atoms with Crippen LogP contribution in [0.25, 0.3) is 10.8 Å². The van der Waals surface area contributed by atoms with E-state index in [4.69, 9.17) is 9.84 Å². The molecule has 0 amide bonds. The minimum atomic E-state index is -1.00. The van der Waals surface area contributed by atoms with E-state index < -0.39 is 5.97 Å². The summed E-state index contributed by atoms with van der Waals surface area (Å²) in [5.41, 5.74) is 5.23. The lowest BCUT2D eigenvalue weighted by molar-refractivity contribution is 0.0697. The zero-order valence-corrected chi connectivity index (χ0v) is 16.5. The van der Waals surface area contributed by atoms with E-state index in [0.717, 1.165) is 21.9 Å². The first kappa shape index (κ1) is 20.1. The third-order valence-electron chi connectivity index (χ3n) is 4.74. The molecule has 0 aliphatic heterocycles. The molecule has 4 aromatic rings. The van der Waals surface area contributed by atoms with Crippen LogP contribution >= 0.6 is 0 Å². The van der Waals surface area contributed by atoms with Gasteiger partial charge in [-0.2, -0.15) is 5.10 Å². The van der Waals surface area contributed by atoms with Crippen molar-refractivity contribution in [2.24, 2.45) is 5.10 Å². The smallest absolute Gasteiger partial charge is 0.335 e. The second-order valence-corrected chi connectivity index (χ2v) is 6.87. The fourth-order valence-corrected chi connectivity index (χ4v) is 3.17. The van der Waals surface area contributed by atoms with Crippen LogP contribution < -0.4 is 10.2 Å². The number of carboxylic acid groups (broad SMARTS) is 1. The molecule has 0 radical (unpaired) electrons. The van der Waals surface area contributed by atoms with Crippen molar-refractivity contribution in [2.75, 3.05) is 5.43 Å². The van der Waals surface area contributed by atoms with Gasteiger partial charge in [0.05, 0.1) is 17.5 Å². The van der Waals surface area contributed by atoms with Gasteiger partial charge in [0.25, 0.3) is 0 Å². The van der Waals surface area contributed by atoms with E-state index in [1.807, 2.05) is 36.4 Å². The highest BCUT2D eigenvalue weighted by atomic mass is 19.1. The molecule has 0 bridgehead atoms. The summed E-state index contributed by atoms with van der Waals surface area (Å²) in [6, 6.07) is 24.3. The summed E-state index contributed by atoms with van der Waals surface area (Å²) in [6.07, 6.45) is 1.65. The van der Waals surface area contributed by atoms with Gasteiger partial charge >= 0.3 is 5.97 Å². The van der Waals surface area contributed by atoms with E-state index in [-0.39, 0.29) is 18.0 Å². The fraction of sp³-hybridized carbons (Fsp3) is 0.0400. The number of anilines is 1. The molecule has 0 spiro atoms. The van der Waals surface area contributed by atoms with Crippen molar-refractivity contribution >= 4 is 28.6 Å². The maximum Gasteiger partial charge on any atom is 0.335 e. The second kappa shape index (κ2) is 9.09. The van der Waals surface area contributed by atoms with Gasteiger partial charge in [-0.3, -0.25) is 5.43 Å². The average Bonchev–Trinajstić information content (AvgIpc) is 2.79. The third-order valence-corrected chi connectivity index (χ3v) is 4.74. The Morgan fingerprint density at radius 3 is 2.61 bits per heavy atom. The summed E-state index contributed by atoms with van der Waals surface area (Å²) in [7, 11) is 0. The standard InChI is InChI=1S/C25H19FN2O3/c26-20-11-8-17(9-12-20)16-31-24-13-10-18-4-1-2-7-22(18)23(24)15-27-28-21-6-3-5-19(14-21)25(29)30/h1-15,28H,16H2,(H,29,30). The Bertz CT molecular complexity index is 1250. The van der Waals surface area contributed by atoms with Gasteiger partial charge in [-0.1, -0.05) is 48.5 Å². The van der Waals surface area contributed by atoms with Crippen molar-refractivity contribution in [2.45, 2.75) is 6.61 Å². The van der Waals surface area contributed by atoms with Gasteiger partial charge in [-0.25, -0.2) is 9.18 Å². The van der Waals surface area contributed by atoms with Crippen LogP contribution in [0, 0.1) is 5.82 Å². The molecule has 0 saturated heterocycles. The maximum atomic E-state index is 13.1. The SMILES string of the molecule is O=C(O)c1cccc(NN=Cc2c(OCc3ccc(F)cc3)ccc3ccccc23)c1. The number of halogens is 1. The van der Waals surface area contributed by atoms with Crippen LogP contribution in [0.5, 0.6) is 5.75 Å². The number of carbonyl (C=O) groups is 1. The highest BCUT2D eigenvalue weighted by molar-refractivity contribution is 6.02. The van der Waals surface area contributed by atoms with E-state index in [2.05, 4.69) is 10.5 Å². The predicted molar refractivity (Wildman–Crippen MR) is 119 cm³/mol. The van der Waals surface area contributed by atoms with Gasteiger partial charge in [0, 0.05) is 5.56 Å². The molecule has 4 aromatic carbocycles. The minimum absolute atomic E-state index is 0.175. The first-order valence-electron chi connectivity index (χ1n) is 9.61. The van der Waals surface area contributed by atoms with Gasteiger partial charge in [-0.05, 0) is 52.7 Å². The van der Waals surface area contributed by atoms with Crippen molar-refractivity contribution in [1.29, 1.82) is 0 Å². The summed E-state index contributed by atoms with van der Waals surface area (Å²) < 4.78 is 19.1. The molecule has 0 atom stereocenters. The zero-order valence-electron chi connectivity index (χ0n) is 16.5. The Balaban J connectivity index is 1.60. The number of hydrogen-bond donors (Lipinski definition) is 2. The lowest BCUT2D eigenvalue weighted by Crippen LogP contribution is -2.01. The van der Waals surface area contributed by atoms with Gasteiger partial charge in [0.1, 0.15) is 18.2 Å². The number of hydrogen-bond acceptors (Lipinski definition) is 4. The van der Waals surface area contributed by atoms with Crippen LogP contribution in [0.2, 0.25) is 0 Å². The number of benzene rings is 4. The van der Waals surface area contributed by atoms with E-state index in [9.17, 15) is 9.18 Å². The summed E-state index contributed by atoms with van der Waals surface area (Å²) in [5.74, 6) is -0.661. The Hall–Kier alpha value is -4.19. The molecular formula is C25H19FN2O3. The maximum absolute atomic E-state index is 13.1. The molecule has 0 aliphatic carbocycles. The van der Waals surface area contributed by atoms with E-state index in [1.54, 1.807) is 30.5 Å². The van der Waals surface area contributed by atoms with Gasteiger partial charge < -0.3 is 9.84 Å². The van der Waals surface area contributed by atoms with Crippen molar-refractivity contribution in [3.63, 3.8) is 0 Å². The molecule has 4 rings (SSSR count). The molecule has 0 saturated carbocycles. The molecule has 0 heterocycles. The number of carboxylic acids is 1. The molecule has 6 heteroatoms. The highest BCUT2D eigenvalue weighted by Gasteiger charge is 2.08. The Labute approximate surface area is 178 Å². The highest BCUT2D eigenvalue weighted by Crippen LogP contribution is 2.27. The van der Waals surface area contributed by atoms with Crippen LogP contribution in [0.1, 0.15) is 21.5 Å². The molecule has 0 aliphatic rings. The average molecular weight is 414 g/mol. The number of nitrogens with zero attached hydrogens (tertiary/aromatic N) is 1. The molecule has 2 N–H and O–H groups in total. The molecule has 0 fully saturated rings. The predicted octanol–water partition coefficient (Wildman–Crippen LogP) is 5.70. The molecular weight excluding hydrogens is 395 g/mol. The molecule has 0 aromatic heterocycles.